The topological polar surface area (TPSA) is 75.5 Å². The van der Waals surface area contributed by atoms with Gasteiger partial charge in [-0.05, 0) is 37.1 Å². The van der Waals surface area contributed by atoms with Crippen molar-refractivity contribution < 1.29 is 4.74 Å². The molecule has 0 aliphatic heterocycles. The van der Waals surface area contributed by atoms with Gasteiger partial charge in [-0.1, -0.05) is 36.4 Å². The zero-order valence-electron chi connectivity index (χ0n) is 19.3. The first-order valence-electron chi connectivity index (χ1n) is 11.1. The molecule has 0 saturated carbocycles. The Balaban J connectivity index is 1.73. The van der Waals surface area contributed by atoms with Gasteiger partial charge in [0.1, 0.15) is 0 Å². The molecule has 0 radical (unpaired) electrons. The molecule has 3 aromatic heterocycles. The lowest BCUT2D eigenvalue weighted by molar-refractivity contribution is 0.0750. The highest BCUT2D eigenvalue weighted by Crippen LogP contribution is 2.28. The van der Waals surface area contributed by atoms with Crippen LogP contribution >= 0.6 is 0 Å². The summed E-state index contributed by atoms with van der Waals surface area (Å²) in [5.41, 5.74) is 2.04. The Morgan fingerprint density at radius 3 is 2.52 bits per heavy atom. The van der Waals surface area contributed by atoms with E-state index in [1.54, 1.807) is 7.05 Å². The van der Waals surface area contributed by atoms with Crippen LogP contribution in [0.25, 0.3) is 39.0 Å². The molecule has 0 amide bonds. The van der Waals surface area contributed by atoms with E-state index in [1.165, 1.54) is 17.0 Å². The maximum absolute atomic E-state index is 13.0. The second kappa shape index (κ2) is 8.04. The van der Waals surface area contributed by atoms with E-state index < -0.39 is 0 Å². The summed E-state index contributed by atoms with van der Waals surface area (Å²) < 4.78 is 12.2. The molecular formula is C25H27N5O3. The van der Waals surface area contributed by atoms with Crippen LogP contribution in [0.15, 0.2) is 58.3 Å². The van der Waals surface area contributed by atoms with Crippen molar-refractivity contribution in [2.75, 3.05) is 6.61 Å². The highest BCUT2D eigenvalue weighted by molar-refractivity contribution is 5.87. The fourth-order valence-electron chi connectivity index (χ4n) is 4.36. The minimum Gasteiger partial charge on any atom is -0.379 e. The van der Waals surface area contributed by atoms with Gasteiger partial charge < -0.3 is 9.30 Å². The van der Waals surface area contributed by atoms with Crippen LogP contribution in [0.3, 0.4) is 0 Å². The summed E-state index contributed by atoms with van der Waals surface area (Å²) in [4.78, 5) is 30.2. The molecular weight excluding hydrogens is 418 g/mol. The van der Waals surface area contributed by atoms with Crippen molar-refractivity contribution in [1.29, 1.82) is 0 Å². The van der Waals surface area contributed by atoms with Crippen LogP contribution in [0.5, 0.6) is 0 Å². The quantitative estimate of drug-likeness (QED) is 0.376. The third-order valence-corrected chi connectivity index (χ3v) is 6.08. The number of ether oxygens (including phenoxy) is 1. The summed E-state index contributed by atoms with van der Waals surface area (Å²) in [6.45, 7) is 5.33. The van der Waals surface area contributed by atoms with E-state index in [4.69, 9.17) is 9.72 Å². The summed E-state index contributed by atoms with van der Waals surface area (Å²) in [6.07, 6.45) is 2.91. The van der Waals surface area contributed by atoms with Gasteiger partial charge in [-0.2, -0.15) is 4.98 Å². The number of imidazole rings is 2. The predicted molar refractivity (Wildman–Crippen MR) is 130 cm³/mol. The van der Waals surface area contributed by atoms with Gasteiger partial charge in [0.15, 0.2) is 11.2 Å². The van der Waals surface area contributed by atoms with Crippen molar-refractivity contribution in [2.45, 2.75) is 32.9 Å². The Morgan fingerprint density at radius 1 is 1.00 bits per heavy atom. The molecule has 0 bridgehead atoms. The molecule has 0 aliphatic rings. The minimum absolute atomic E-state index is 0.168. The van der Waals surface area contributed by atoms with Crippen LogP contribution in [0.2, 0.25) is 0 Å². The molecule has 0 saturated heterocycles. The molecule has 0 N–H and O–H groups in total. The van der Waals surface area contributed by atoms with Gasteiger partial charge in [-0.15, -0.1) is 0 Å². The standard InChI is InChI=1S/C25H27N5O3/c1-16(2)33-13-7-12-29-20(19-11-10-17-8-5-6-9-18(17)14-19)15-30-21-22(26-24(29)30)27(3)25(32)28(4)23(21)31/h5-6,8-11,14-16H,7,12-13H2,1-4H3. The highest BCUT2D eigenvalue weighted by atomic mass is 16.5. The number of benzene rings is 2. The van der Waals surface area contributed by atoms with E-state index >= 15 is 0 Å². The van der Waals surface area contributed by atoms with Gasteiger partial charge >= 0.3 is 5.69 Å². The summed E-state index contributed by atoms with van der Waals surface area (Å²) >= 11 is 0. The first kappa shape index (κ1) is 21.2. The summed E-state index contributed by atoms with van der Waals surface area (Å²) in [6, 6.07) is 14.6. The molecule has 33 heavy (non-hydrogen) atoms. The number of hydrogen-bond acceptors (Lipinski definition) is 4. The Hall–Kier alpha value is -3.65. The average Bonchev–Trinajstić information content (AvgIpc) is 3.35. The molecule has 3 heterocycles. The number of fused-ring (bicyclic) bond motifs is 4. The Bertz CT molecular complexity index is 1620. The Morgan fingerprint density at radius 2 is 1.76 bits per heavy atom. The number of rotatable bonds is 6. The number of hydrogen-bond donors (Lipinski definition) is 0. The molecule has 0 atom stereocenters. The largest absolute Gasteiger partial charge is 0.379 e. The molecule has 0 fully saturated rings. The third-order valence-electron chi connectivity index (χ3n) is 6.08. The van der Waals surface area contributed by atoms with Gasteiger partial charge in [0.05, 0.1) is 11.8 Å². The van der Waals surface area contributed by atoms with E-state index in [1.807, 2.05) is 36.6 Å². The second-order valence-electron chi connectivity index (χ2n) is 8.66. The summed E-state index contributed by atoms with van der Waals surface area (Å²) in [7, 11) is 3.13. The van der Waals surface area contributed by atoms with Crippen LogP contribution in [0.1, 0.15) is 20.3 Å². The summed E-state index contributed by atoms with van der Waals surface area (Å²) in [5, 5.41) is 2.32. The zero-order chi connectivity index (χ0) is 23.3. The van der Waals surface area contributed by atoms with E-state index in [9.17, 15) is 9.59 Å². The van der Waals surface area contributed by atoms with Crippen LogP contribution in [0, 0.1) is 0 Å². The molecule has 0 aliphatic carbocycles. The van der Waals surface area contributed by atoms with Crippen LogP contribution in [0.4, 0.5) is 0 Å². The fraction of sp³-hybridized carbons (Fsp3) is 0.320. The minimum atomic E-state index is -0.389. The van der Waals surface area contributed by atoms with Crippen molar-refractivity contribution >= 4 is 27.7 Å². The smallest absolute Gasteiger partial charge is 0.332 e. The normalized spacial score (nSPS) is 12.0. The van der Waals surface area contributed by atoms with Crippen molar-refractivity contribution in [3.63, 3.8) is 0 Å². The third kappa shape index (κ3) is 3.47. The molecule has 0 spiro atoms. The summed E-state index contributed by atoms with van der Waals surface area (Å²) in [5.74, 6) is 0.635. The van der Waals surface area contributed by atoms with Crippen LogP contribution in [-0.4, -0.2) is 35.8 Å². The monoisotopic (exact) mass is 445 g/mol. The molecule has 8 heteroatoms. The van der Waals surface area contributed by atoms with Crippen LogP contribution in [-0.2, 0) is 25.4 Å². The van der Waals surface area contributed by atoms with E-state index in [2.05, 4.69) is 34.9 Å². The van der Waals surface area contributed by atoms with Crippen molar-refractivity contribution in [2.24, 2.45) is 14.1 Å². The molecule has 8 nitrogen and oxygen atoms in total. The van der Waals surface area contributed by atoms with Gasteiger partial charge in [-0.3, -0.25) is 18.3 Å². The lowest BCUT2D eigenvalue weighted by Gasteiger charge is -2.11. The number of aryl methyl sites for hydroxylation is 2. The molecule has 170 valence electrons. The van der Waals surface area contributed by atoms with E-state index in [-0.39, 0.29) is 17.4 Å². The molecule has 0 unspecified atom stereocenters. The first-order valence-corrected chi connectivity index (χ1v) is 11.1. The predicted octanol–water partition coefficient (Wildman–Crippen LogP) is 3.32. The first-order chi connectivity index (χ1) is 15.9. The van der Waals surface area contributed by atoms with Gasteiger partial charge in [-0.25, -0.2) is 4.79 Å². The average molecular weight is 446 g/mol. The van der Waals surface area contributed by atoms with Crippen molar-refractivity contribution in [1.82, 2.24) is 23.1 Å². The zero-order valence-corrected chi connectivity index (χ0v) is 19.3. The molecule has 5 aromatic rings. The maximum Gasteiger partial charge on any atom is 0.332 e. The number of nitrogens with zero attached hydrogens (tertiary/aromatic N) is 5. The lowest BCUT2D eigenvalue weighted by Crippen LogP contribution is -2.37. The fourth-order valence-corrected chi connectivity index (χ4v) is 4.36. The van der Waals surface area contributed by atoms with Crippen LogP contribution < -0.4 is 11.2 Å². The molecule has 2 aromatic carbocycles. The van der Waals surface area contributed by atoms with E-state index in [0.717, 1.165) is 27.6 Å². The number of aromatic nitrogens is 5. The van der Waals surface area contributed by atoms with E-state index in [0.29, 0.717) is 30.1 Å². The van der Waals surface area contributed by atoms with Gasteiger partial charge in [0.2, 0.25) is 5.78 Å². The maximum atomic E-state index is 13.0. The Kier molecular flexibility index (Phi) is 5.17. The van der Waals surface area contributed by atoms with Crippen molar-refractivity contribution in [3.05, 3.63) is 69.5 Å². The molecule has 5 rings (SSSR count). The lowest BCUT2D eigenvalue weighted by atomic mass is 10.1. The van der Waals surface area contributed by atoms with Gasteiger partial charge in [0, 0.05) is 39.0 Å². The SMILES string of the molecule is CC(C)OCCCn1c(-c2ccc3ccccc3c2)cn2c3c(=O)n(C)c(=O)n(C)c3nc12. The van der Waals surface area contributed by atoms with Crippen molar-refractivity contribution in [3.8, 4) is 11.3 Å². The van der Waals surface area contributed by atoms with Gasteiger partial charge in [0.25, 0.3) is 5.56 Å². The Labute approximate surface area is 190 Å². The highest BCUT2D eigenvalue weighted by Gasteiger charge is 2.21. The second-order valence-corrected chi connectivity index (χ2v) is 8.66.